The van der Waals surface area contributed by atoms with Gasteiger partial charge in [0.05, 0.1) is 11.9 Å². The van der Waals surface area contributed by atoms with Gasteiger partial charge in [-0.05, 0) is 24.3 Å². The molecule has 3 heterocycles. The number of nitrogens with zero attached hydrogens (tertiary/aromatic N) is 2. The lowest BCUT2D eigenvalue weighted by atomic mass is 10.1. The fourth-order valence-electron chi connectivity index (χ4n) is 3.14. The number of urea groups is 1. The third-order valence-corrected chi connectivity index (χ3v) is 4.71. The fourth-order valence-corrected chi connectivity index (χ4v) is 3.14. The number of hydrogen-bond donors (Lipinski definition) is 2. The van der Waals surface area contributed by atoms with Crippen LogP contribution in [-0.2, 0) is 14.5 Å². The number of pyridine rings is 1. The molecule has 4 rings (SSSR count). The summed E-state index contributed by atoms with van der Waals surface area (Å²) in [6.07, 6.45) is -2.12. The Labute approximate surface area is 181 Å². The number of nitrogens with one attached hydrogen (secondary N) is 2. The molecule has 170 valence electrons. The molecule has 2 aromatic heterocycles. The highest BCUT2D eigenvalue weighted by molar-refractivity contribution is 5.90. The lowest BCUT2D eigenvalue weighted by molar-refractivity contribution is -0.304. The summed E-state index contributed by atoms with van der Waals surface area (Å²) in [6, 6.07) is 9.41. The molecule has 32 heavy (non-hydrogen) atoms. The average molecular weight is 450 g/mol. The fraction of sp³-hybridized carbons (Fsp3) is 0.333. The maximum Gasteiger partial charge on any atom is 0.405 e. The largest absolute Gasteiger partial charge is 0.405 e. The van der Waals surface area contributed by atoms with E-state index in [1.165, 1.54) is 0 Å². The minimum Gasteiger partial charge on any atom is -0.329 e. The summed E-state index contributed by atoms with van der Waals surface area (Å²) in [6.45, 7) is 2.51. The smallest absolute Gasteiger partial charge is 0.329 e. The van der Waals surface area contributed by atoms with Crippen LogP contribution in [0.4, 0.5) is 23.7 Å². The molecule has 1 saturated heterocycles. The van der Waals surface area contributed by atoms with E-state index in [4.69, 9.17) is 14.5 Å². The first kappa shape index (κ1) is 22.1. The number of amides is 2. The van der Waals surface area contributed by atoms with Crippen molar-refractivity contribution in [2.24, 2.45) is 5.92 Å². The number of rotatable bonds is 5. The minimum absolute atomic E-state index is 0.137. The van der Waals surface area contributed by atoms with Crippen LogP contribution in [0.25, 0.3) is 16.9 Å². The molecule has 0 aliphatic carbocycles. The lowest BCUT2D eigenvalue weighted by Crippen LogP contribution is -2.36. The average Bonchev–Trinajstić information content (AvgIpc) is 3.39. The molecular formula is C21H21F3N4O4. The summed E-state index contributed by atoms with van der Waals surface area (Å²) < 4.78 is 44.4. The zero-order valence-corrected chi connectivity index (χ0v) is 17.2. The van der Waals surface area contributed by atoms with Crippen molar-refractivity contribution in [2.75, 3.05) is 11.9 Å². The number of hydrogen-bond acceptors (Lipinski definition) is 5. The molecular weight excluding hydrogens is 429 g/mol. The molecule has 0 bridgehead atoms. The van der Waals surface area contributed by atoms with Gasteiger partial charge in [-0.15, -0.1) is 0 Å². The molecule has 2 atom stereocenters. The second-order valence-corrected chi connectivity index (χ2v) is 7.61. The molecule has 3 aromatic rings. The van der Waals surface area contributed by atoms with E-state index in [9.17, 15) is 18.0 Å². The van der Waals surface area contributed by atoms with Gasteiger partial charge in [-0.2, -0.15) is 18.1 Å². The van der Waals surface area contributed by atoms with Gasteiger partial charge >= 0.3 is 12.2 Å². The highest BCUT2D eigenvalue weighted by Crippen LogP contribution is 2.32. The second-order valence-electron chi connectivity index (χ2n) is 7.61. The van der Waals surface area contributed by atoms with Gasteiger partial charge in [0.2, 0.25) is 6.29 Å². The van der Waals surface area contributed by atoms with Crippen molar-refractivity contribution in [3.63, 3.8) is 0 Å². The summed E-state index contributed by atoms with van der Waals surface area (Å²) in [4.78, 5) is 26.6. The number of carbonyl (C=O) groups is 1. The third kappa shape index (κ3) is 5.01. The molecule has 0 spiro atoms. The predicted octanol–water partition coefficient (Wildman–Crippen LogP) is 4.64. The van der Waals surface area contributed by atoms with Crippen molar-refractivity contribution in [3.8, 4) is 11.3 Å². The molecule has 0 saturated carbocycles. The van der Waals surface area contributed by atoms with Crippen molar-refractivity contribution in [2.45, 2.75) is 32.6 Å². The molecule has 8 nitrogen and oxygen atoms in total. The van der Waals surface area contributed by atoms with Gasteiger partial charge in [0.25, 0.3) is 0 Å². The molecule has 11 heteroatoms. The molecule has 1 aromatic carbocycles. The summed E-state index contributed by atoms with van der Waals surface area (Å²) in [7, 11) is 0. The Morgan fingerprint density at radius 1 is 1.22 bits per heavy atom. The van der Waals surface area contributed by atoms with E-state index in [2.05, 4.69) is 10.3 Å². The highest BCUT2D eigenvalue weighted by Gasteiger charge is 2.32. The summed E-state index contributed by atoms with van der Waals surface area (Å²) >= 11 is 0. The summed E-state index contributed by atoms with van der Waals surface area (Å²) in [5.41, 5.74) is 3.18. The van der Waals surface area contributed by atoms with Gasteiger partial charge in [0.1, 0.15) is 12.2 Å². The third-order valence-electron chi connectivity index (χ3n) is 4.71. The number of ether oxygens (including phenoxy) is 1. The molecule has 2 unspecified atom stereocenters. The van der Waals surface area contributed by atoms with Crippen molar-refractivity contribution in [1.82, 2.24) is 14.7 Å². The van der Waals surface area contributed by atoms with Crippen LogP contribution >= 0.6 is 0 Å². The zero-order chi connectivity index (χ0) is 22.9. The zero-order valence-electron chi connectivity index (χ0n) is 17.2. The van der Waals surface area contributed by atoms with Gasteiger partial charge in [-0.1, -0.05) is 26.0 Å². The van der Waals surface area contributed by atoms with E-state index in [1.54, 1.807) is 42.0 Å². The van der Waals surface area contributed by atoms with Crippen LogP contribution in [-0.4, -0.2) is 34.4 Å². The van der Waals surface area contributed by atoms with Crippen LogP contribution in [0, 0.1) is 5.92 Å². The number of benzene rings is 1. The molecule has 0 radical (unpaired) electrons. The maximum absolute atomic E-state index is 12.3. The van der Waals surface area contributed by atoms with Crippen LogP contribution < -0.4 is 10.6 Å². The number of fused-ring (bicyclic) bond motifs is 1. The Balaban J connectivity index is 1.50. The normalized spacial score (nSPS) is 18.9. The molecule has 2 N–H and O–H groups in total. The van der Waals surface area contributed by atoms with Crippen molar-refractivity contribution < 1.29 is 32.5 Å². The number of halogens is 3. The Kier molecular flexibility index (Phi) is 6.04. The van der Waals surface area contributed by atoms with Crippen LogP contribution in [0.2, 0.25) is 0 Å². The standard InChI is InChI=1S/C21H21F3N4O4/c1-12(2)18-30-19(32-31-18)14-6-7-28-16(10-25-17(28)9-14)13-4-3-5-15(8-13)27-20(29)26-11-21(22,23)24/h3-10,12,18-19H,11H2,1-2H3,(H2,26,27,29). The van der Waals surface area contributed by atoms with Crippen LogP contribution in [0.3, 0.4) is 0 Å². The number of aromatic nitrogens is 2. The Hall–Kier alpha value is -3.15. The van der Waals surface area contributed by atoms with Crippen LogP contribution in [0.15, 0.2) is 48.8 Å². The predicted molar refractivity (Wildman–Crippen MR) is 108 cm³/mol. The van der Waals surface area contributed by atoms with Crippen molar-refractivity contribution >= 4 is 17.4 Å². The van der Waals surface area contributed by atoms with E-state index in [0.717, 1.165) is 16.8 Å². The topological polar surface area (TPSA) is 86.1 Å². The van der Waals surface area contributed by atoms with Gasteiger partial charge in [0.15, 0.2) is 6.29 Å². The molecule has 2 amide bonds. The number of imidazole rings is 1. The minimum atomic E-state index is -4.48. The monoisotopic (exact) mass is 450 g/mol. The van der Waals surface area contributed by atoms with Gasteiger partial charge in [0, 0.05) is 28.9 Å². The Morgan fingerprint density at radius 3 is 2.75 bits per heavy atom. The first-order valence-corrected chi connectivity index (χ1v) is 9.86. The summed E-state index contributed by atoms with van der Waals surface area (Å²) in [5, 5.41) is 4.17. The van der Waals surface area contributed by atoms with Gasteiger partial charge in [-0.3, -0.25) is 4.40 Å². The SMILES string of the molecule is CC(C)C1OOC(c2ccn3c(-c4cccc(NC(=O)NCC(F)(F)F)c4)cnc3c2)O1. The highest BCUT2D eigenvalue weighted by atomic mass is 19.4. The first-order chi connectivity index (χ1) is 15.2. The van der Waals surface area contributed by atoms with Crippen molar-refractivity contribution in [3.05, 3.63) is 54.4 Å². The van der Waals surface area contributed by atoms with Crippen LogP contribution in [0.5, 0.6) is 0 Å². The number of alkyl halides is 3. The summed E-state index contributed by atoms with van der Waals surface area (Å²) in [5.74, 6) is 0.137. The van der Waals surface area contributed by atoms with E-state index >= 15 is 0 Å². The second kappa shape index (κ2) is 8.77. The quantitative estimate of drug-likeness (QED) is 0.553. The van der Waals surface area contributed by atoms with Crippen LogP contribution in [0.1, 0.15) is 25.7 Å². The van der Waals surface area contributed by atoms with E-state index in [1.807, 2.05) is 30.4 Å². The molecule has 1 fully saturated rings. The van der Waals surface area contributed by atoms with E-state index < -0.39 is 31.3 Å². The first-order valence-electron chi connectivity index (χ1n) is 9.86. The number of anilines is 1. The van der Waals surface area contributed by atoms with Crippen molar-refractivity contribution in [1.29, 1.82) is 0 Å². The van der Waals surface area contributed by atoms with E-state index in [-0.39, 0.29) is 5.92 Å². The Bertz CT molecular complexity index is 1120. The Morgan fingerprint density at radius 2 is 2.03 bits per heavy atom. The maximum atomic E-state index is 12.3. The lowest BCUT2D eigenvalue weighted by Gasteiger charge is -2.12. The van der Waals surface area contributed by atoms with Gasteiger partial charge < -0.3 is 15.4 Å². The van der Waals surface area contributed by atoms with E-state index in [0.29, 0.717) is 11.3 Å². The van der Waals surface area contributed by atoms with Gasteiger partial charge in [-0.25, -0.2) is 14.7 Å². The molecule has 1 aliphatic heterocycles. The number of carbonyl (C=O) groups excluding carboxylic acids is 1. The molecule has 1 aliphatic rings.